The van der Waals surface area contributed by atoms with Crippen LogP contribution in [-0.2, 0) is 0 Å². The standard InChI is InChI=1S/C7H3NO7S/c9-3-1-4(10)5(11)7(16-8(12)13)2(3)6(1)15-14/h10-11,14H. The highest BCUT2D eigenvalue weighted by Crippen LogP contribution is 2.54. The van der Waals surface area contributed by atoms with E-state index in [0.717, 1.165) is 0 Å². The van der Waals surface area contributed by atoms with Crippen molar-refractivity contribution < 1.29 is 29.5 Å². The molecular formula is C7H3NO7S. The fourth-order valence-corrected chi connectivity index (χ4v) is 2.02. The van der Waals surface area contributed by atoms with Gasteiger partial charge in [0.2, 0.25) is 5.78 Å². The first-order valence-electron chi connectivity index (χ1n) is 3.79. The van der Waals surface area contributed by atoms with Crippen molar-refractivity contribution in [3.8, 4) is 17.2 Å². The van der Waals surface area contributed by atoms with Gasteiger partial charge in [0.1, 0.15) is 14.8 Å². The number of nitrogens with zero attached hydrogens (tertiary/aromatic N) is 1. The number of benzene rings is 1. The third-order valence-electron chi connectivity index (χ3n) is 2.07. The Hall–Kier alpha value is -2.00. The highest BCUT2D eigenvalue weighted by Gasteiger charge is 2.44. The van der Waals surface area contributed by atoms with Crippen LogP contribution in [0.15, 0.2) is 4.90 Å². The maximum absolute atomic E-state index is 11.3. The van der Waals surface area contributed by atoms with Crippen LogP contribution in [-0.4, -0.2) is 25.6 Å². The lowest BCUT2D eigenvalue weighted by molar-refractivity contribution is -0.284. The van der Waals surface area contributed by atoms with Crippen molar-refractivity contribution in [2.75, 3.05) is 0 Å². The Kier molecular flexibility index (Phi) is 2.14. The number of phenolic OH excluding ortho intramolecular Hbond substituents is 2. The van der Waals surface area contributed by atoms with Gasteiger partial charge in [-0.3, -0.25) is 14.9 Å². The largest absolute Gasteiger partial charge is 0.504 e. The molecule has 3 N–H and O–H groups in total. The molecule has 0 saturated carbocycles. The summed E-state index contributed by atoms with van der Waals surface area (Å²) in [5, 5.41) is 37.4. The third kappa shape index (κ3) is 1.12. The molecule has 3 rings (SSSR count). The summed E-state index contributed by atoms with van der Waals surface area (Å²) in [6.07, 6.45) is 0. The van der Waals surface area contributed by atoms with Gasteiger partial charge in [-0.25, -0.2) is 5.26 Å². The van der Waals surface area contributed by atoms with Gasteiger partial charge in [-0.05, 0) is 0 Å². The van der Waals surface area contributed by atoms with Crippen LogP contribution in [0.4, 0.5) is 0 Å². The van der Waals surface area contributed by atoms with Crippen molar-refractivity contribution in [3.63, 3.8) is 0 Å². The van der Waals surface area contributed by atoms with Gasteiger partial charge < -0.3 is 15.1 Å². The molecule has 0 aromatic heterocycles. The number of carbonyl (C=O) groups excluding carboxylic acids is 1. The van der Waals surface area contributed by atoms with Gasteiger partial charge >= 0.3 is 0 Å². The summed E-state index contributed by atoms with van der Waals surface area (Å²) in [6, 6.07) is 0. The summed E-state index contributed by atoms with van der Waals surface area (Å²) in [6.45, 7) is 0. The van der Waals surface area contributed by atoms with Crippen LogP contribution < -0.4 is 4.89 Å². The number of fused-ring (bicyclic) bond motifs is 2. The predicted octanol–water partition coefficient (Wildman–Crippen LogP) is 0.778. The van der Waals surface area contributed by atoms with Gasteiger partial charge in [-0.2, -0.15) is 0 Å². The van der Waals surface area contributed by atoms with Crippen LogP contribution in [0.5, 0.6) is 17.2 Å². The topological polar surface area (TPSA) is 130 Å². The summed E-state index contributed by atoms with van der Waals surface area (Å²) < 4.78 is -0.864. The van der Waals surface area contributed by atoms with Gasteiger partial charge in [0, 0.05) is 0 Å². The molecule has 0 heterocycles. The Labute approximate surface area is 91.3 Å². The number of ketones is 1. The molecule has 8 nitrogen and oxygen atoms in total. The van der Waals surface area contributed by atoms with Crippen molar-refractivity contribution in [2.45, 2.75) is 4.90 Å². The van der Waals surface area contributed by atoms with Crippen LogP contribution in [0.2, 0.25) is 0 Å². The lowest BCUT2D eigenvalue weighted by Crippen LogP contribution is -2.19. The second kappa shape index (κ2) is 3.25. The number of phenols is 2. The Balaban J connectivity index is 2.67. The molecule has 0 fully saturated rings. The minimum absolute atomic E-state index is 0.0560. The van der Waals surface area contributed by atoms with E-state index in [1.807, 2.05) is 0 Å². The first-order chi connectivity index (χ1) is 7.49. The summed E-state index contributed by atoms with van der Waals surface area (Å²) >= 11 is -0.0560. The molecule has 0 aliphatic heterocycles. The molecule has 16 heavy (non-hydrogen) atoms. The van der Waals surface area contributed by atoms with E-state index in [1.54, 1.807) is 0 Å². The molecule has 2 aliphatic rings. The smallest absolute Gasteiger partial charge is 0.270 e. The predicted molar refractivity (Wildman–Crippen MR) is 49.3 cm³/mol. The van der Waals surface area contributed by atoms with Gasteiger partial charge in [0.05, 0.1) is 5.56 Å². The first kappa shape index (κ1) is 10.5. The van der Waals surface area contributed by atoms with Crippen LogP contribution in [0.1, 0.15) is 15.9 Å². The Morgan fingerprint density at radius 1 is 1.25 bits per heavy atom. The second-order valence-corrected chi connectivity index (χ2v) is 3.73. The average Bonchev–Trinajstić information content (AvgIpc) is 2.20. The van der Waals surface area contributed by atoms with E-state index < -0.39 is 26.5 Å². The molecule has 0 unspecified atom stereocenters. The molecule has 2 aliphatic carbocycles. The number of rotatable bonds is 3. The number of hydrogen-bond acceptors (Lipinski definition) is 8. The van der Waals surface area contributed by atoms with Crippen molar-refractivity contribution >= 4 is 17.7 Å². The Bertz CT molecular complexity index is 526. The third-order valence-corrected chi connectivity index (χ3v) is 2.80. The zero-order valence-corrected chi connectivity index (χ0v) is 8.15. The quantitative estimate of drug-likeness (QED) is 0.238. The molecule has 0 radical (unpaired) electrons. The number of hydrogen-bond donors (Lipinski definition) is 3. The lowest BCUT2D eigenvalue weighted by Gasteiger charge is -2.22. The van der Waals surface area contributed by atoms with Gasteiger partial charge in [-0.1, -0.05) is 0 Å². The number of carbonyl (C=O) groups is 1. The van der Waals surface area contributed by atoms with Crippen molar-refractivity contribution in [1.29, 1.82) is 0 Å². The second-order valence-electron chi connectivity index (χ2n) is 2.84. The average molecular weight is 245 g/mol. The van der Waals surface area contributed by atoms with E-state index in [2.05, 4.69) is 4.89 Å². The molecule has 9 heteroatoms. The molecule has 0 spiro atoms. The van der Waals surface area contributed by atoms with Crippen LogP contribution >= 0.6 is 11.9 Å². The normalized spacial score (nSPS) is 12.2. The van der Waals surface area contributed by atoms with Crippen LogP contribution in [0, 0.1) is 10.1 Å². The summed E-state index contributed by atoms with van der Waals surface area (Å²) in [5.41, 5.74) is -0.697. The number of nitro groups is 1. The Morgan fingerprint density at radius 2 is 1.88 bits per heavy atom. The minimum Gasteiger partial charge on any atom is -0.504 e. The van der Waals surface area contributed by atoms with E-state index >= 15 is 0 Å². The van der Waals surface area contributed by atoms with Crippen LogP contribution in [0.25, 0.3) is 0 Å². The van der Waals surface area contributed by atoms with Gasteiger partial charge in [0.15, 0.2) is 17.2 Å². The van der Waals surface area contributed by atoms with E-state index in [0.29, 0.717) is 0 Å². The zero-order chi connectivity index (χ0) is 12.0. The summed E-state index contributed by atoms with van der Waals surface area (Å²) in [7, 11) is 0. The summed E-state index contributed by atoms with van der Waals surface area (Å²) in [5.74, 6) is -2.70. The maximum Gasteiger partial charge on any atom is 0.270 e. The Morgan fingerprint density at radius 3 is 2.38 bits per heavy atom. The summed E-state index contributed by atoms with van der Waals surface area (Å²) in [4.78, 5) is 24.9. The monoisotopic (exact) mass is 245 g/mol. The fourth-order valence-electron chi connectivity index (χ4n) is 1.41. The SMILES string of the molecule is O=C1c2c(O)c(O)c(S[N+](=O)[O-])c1c2OO. The molecular weight excluding hydrogens is 242 g/mol. The molecule has 84 valence electrons. The molecule has 0 amide bonds. The van der Waals surface area contributed by atoms with Crippen molar-refractivity contribution in [2.24, 2.45) is 0 Å². The fraction of sp³-hybridized carbons (Fsp3) is 0. The first-order valence-corrected chi connectivity index (χ1v) is 4.56. The van der Waals surface area contributed by atoms with Crippen molar-refractivity contribution in [3.05, 3.63) is 21.2 Å². The molecule has 0 saturated heterocycles. The molecule has 1 aromatic rings. The van der Waals surface area contributed by atoms with E-state index in [4.69, 9.17) is 5.26 Å². The zero-order valence-electron chi connectivity index (χ0n) is 7.33. The van der Waals surface area contributed by atoms with Crippen molar-refractivity contribution in [1.82, 2.24) is 0 Å². The highest BCUT2D eigenvalue weighted by atomic mass is 32.2. The molecule has 0 atom stereocenters. The maximum atomic E-state index is 11.3. The highest BCUT2D eigenvalue weighted by molar-refractivity contribution is 7.93. The van der Waals surface area contributed by atoms with Crippen LogP contribution in [0.3, 0.4) is 0 Å². The number of aromatic hydroxyl groups is 2. The molecule has 1 aromatic carbocycles. The van der Waals surface area contributed by atoms with E-state index in [-0.39, 0.29) is 28.8 Å². The van der Waals surface area contributed by atoms with Gasteiger partial charge in [-0.15, -0.1) is 0 Å². The van der Waals surface area contributed by atoms with E-state index in [9.17, 15) is 25.1 Å². The minimum atomic E-state index is -0.864. The lowest BCUT2D eigenvalue weighted by atomic mass is 9.87. The van der Waals surface area contributed by atoms with Gasteiger partial charge in [0.25, 0.3) is 11.9 Å². The van der Waals surface area contributed by atoms with E-state index in [1.165, 1.54) is 0 Å². The molecule has 2 bridgehead atoms.